The summed E-state index contributed by atoms with van der Waals surface area (Å²) in [5.74, 6) is -0.966. The Morgan fingerprint density at radius 3 is 0.971 bits per heavy atom. The van der Waals surface area contributed by atoms with Crippen LogP contribution in [0.15, 0.2) is 72.9 Å². The second-order valence-electron chi connectivity index (χ2n) is 19.2. The molecule has 0 rings (SSSR count). The average Bonchev–Trinajstić information content (AvgIpc) is 3.34. The third-order valence-corrected chi connectivity index (χ3v) is 12.4. The summed E-state index contributed by atoms with van der Waals surface area (Å²) in [5, 5.41) is 0. The topological polar surface area (TPSA) is 78.9 Å². The number of hydrogen-bond donors (Lipinski definition) is 0. The number of hydrogen-bond acceptors (Lipinski definition) is 6. The lowest BCUT2D eigenvalue weighted by Crippen LogP contribution is -2.30. The Balaban J connectivity index is 4.44. The Hall–Kier alpha value is -3.15. The molecule has 0 aromatic heterocycles. The standard InChI is InChI=1S/C62H108O6/c1-4-7-10-13-16-19-22-25-28-30-31-33-34-37-40-43-46-49-52-55-61(64)67-58-59(57-66-60(63)54-51-48-45-42-39-36-27-24-21-18-15-12-9-6-3)68-62(65)56-53-50-47-44-41-38-35-32-29-26-23-20-17-14-11-8-5-2/h8,11,17,20,26,29,35-36,38-39,44,47,59H,4-7,9-10,12-16,18-19,21-25,27-28,30-34,37,40-43,45-46,48-58H2,1-3H3/b11-8-,20-17-,29-26-,38-35-,39-36-,47-44-. The van der Waals surface area contributed by atoms with E-state index in [4.69, 9.17) is 14.2 Å². The van der Waals surface area contributed by atoms with E-state index in [0.29, 0.717) is 19.3 Å². The van der Waals surface area contributed by atoms with Crippen molar-refractivity contribution in [2.75, 3.05) is 13.2 Å². The van der Waals surface area contributed by atoms with Crippen LogP contribution in [0.3, 0.4) is 0 Å². The maximum absolute atomic E-state index is 12.8. The van der Waals surface area contributed by atoms with Crippen molar-refractivity contribution in [2.24, 2.45) is 0 Å². The van der Waals surface area contributed by atoms with Gasteiger partial charge in [-0.2, -0.15) is 0 Å². The molecule has 0 radical (unpaired) electrons. The van der Waals surface area contributed by atoms with Gasteiger partial charge in [-0.3, -0.25) is 14.4 Å². The van der Waals surface area contributed by atoms with Gasteiger partial charge in [0.1, 0.15) is 13.2 Å². The molecule has 0 aliphatic carbocycles. The molecule has 392 valence electrons. The van der Waals surface area contributed by atoms with E-state index >= 15 is 0 Å². The molecule has 0 aliphatic heterocycles. The fourth-order valence-electron chi connectivity index (χ4n) is 8.12. The maximum Gasteiger partial charge on any atom is 0.306 e. The second-order valence-corrected chi connectivity index (χ2v) is 19.2. The highest BCUT2D eigenvalue weighted by Gasteiger charge is 2.19. The van der Waals surface area contributed by atoms with Gasteiger partial charge in [0.05, 0.1) is 0 Å². The van der Waals surface area contributed by atoms with Gasteiger partial charge in [0.25, 0.3) is 0 Å². The molecule has 0 aliphatic rings. The minimum absolute atomic E-state index is 0.100. The van der Waals surface area contributed by atoms with Crippen LogP contribution in [-0.2, 0) is 28.6 Å². The van der Waals surface area contributed by atoms with Crippen LogP contribution >= 0.6 is 0 Å². The van der Waals surface area contributed by atoms with Crippen LogP contribution in [0.25, 0.3) is 0 Å². The lowest BCUT2D eigenvalue weighted by molar-refractivity contribution is -0.167. The summed E-state index contributed by atoms with van der Waals surface area (Å²) in [7, 11) is 0. The Bertz CT molecular complexity index is 1270. The first-order chi connectivity index (χ1) is 33.5. The van der Waals surface area contributed by atoms with E-state index < -0.39 is 6.10 Å². The summed E-state index contributed by atoms with van der Waals surface area (Å²) < 4.78 is 16.8. The molecule has 1 atom stereocenters. The zero-order valence-electron chi connectivity index (χ0n) is 44.9. The highest BCUT2D eigenvalue weighted by atomic mass is 16.6. The van der Waals surface area contributed by atoms with Crippen LogP contribution in [0.4, 0.5) is 0 Å². The number of ether oxygens (including phenoxy) is 3. The lowest BCUT2D eigenvalue weighted by atomic mass is 10.0. The van der Waals surface area contributed by atoms with Gasteiger partial charge in [-0.15, -0.1) is 0 Å². The van der Waals surface area contributed by atoms with E-state index in [9.17, 15) is 14.4 Å². The van der Waals surface area contributed by atoms with Crippen LogP contribution in [-0.4, -0.2) is 37.2 Å². The first-order valence-corrected chi connectivity index (χ1v) is 28.9. The monoisotopic (exact) mass is 949 g/mol. The highest BCUT2D eigenvalue weighted by molar-refractivity contribution is 5.71. The van der Waals surface area contributed by atoms with Crippen LogP contribution in [0.1, 0.15) is 284 Å². The van der Waals surface area contributed by atoms with Gasteiger partial charge >= 0.3 is 17.9 Å². The van der Waals surface area contributed by atoms with Crippen LogP contribution in [0.5, 0.6) is 0 Å². The minimum Gasteiger partial charge on any atom is -0.462 e. The summed E-state index contributed by atoms with van der Waals surface area (Å²) in [6.07, 6.45) is 71.9. The third-order valence-electron chi connectivity index (χ3n) is 12.4. The SMILES string of the molecule is CC/C=C\C/C=C\C/C=C\C/C=C\C/C=C\CCCC(=O)OC(COC(=O)CCCCC/C=C\CCCCCCCCC)COC(=O)CCCCCCCCCCCCCCCCCCCCC. The van der Waals surface area contributed by atoms with Crippen molar-refractivity contribution in [3.05, 3.63) is 72.9 Å². The molecule has 0 spiro atoms. The average molecular weight is 950 g/mol. The number of rotatable bonds is 52. The quantitative estimate of drug-likeness (QED) is 0.0262. The Labute approximate surface area is 421 Å². The first kappa shape index (κ1) is 64.8. The molecule has 0 aromatic rings. The van der Waals surface area contributed by atoms with E-state index in [1.54, 1.807) is 0 Å². The van der Waals surface area contributed by atoms with Crippen LogP contribution in [0, 0.1) is 0 Å². The van der Waals surface area contributed by atoms with E-state index in [1.165, 1.54) is 148 Å². The molecule has 0 heterocycles. The Morgan fingerprint density at radius 2 is 0.588 bits per heavy atom. The van der Waals surface area contributed by atoms with Crippen molar-refractivity contribution >= 4 is 17.9 Å². The second kappa shape index (κ2) is 56.4. The van der Waals surface area contributed by atoms with Gasteiger partial charge in [-0.25, -0.2) is 0 Å². The number of carbonyl (C=O) groups is 3. The first-order valence-electron chi connectivity index (χ1n) is 28.9. The lowest BCUT2D eigenvalue weighted by Gasteiger charge is -2.18. The summed E-state index contributed by atoms with van der Waals surface area (Å²) in [5.41, 5.74) is 0. The van der Waals surface area contributed by atoms with Gasteiger partial charge in [0, 0.05) is 19.3 Å². The molecule has 6 heteroatoms. The summed E-state index contributed by atoms with van der Waals surface area (Å²) >= 11 is 0. The number of carbonyl (C=O) groups excluding carboxylic acids is 3. The molecule has 0 aromatic carbocycles. The van der Waals surface area contributed by atoms with Gasteiger partial charge in [0.15, 0.2) is 6.10 Å². The molecule has 0 saturated carbocycles. The van der Waals surface area contributed by atoms with E-state index in [1.807, 2.05) is 0 Å². The predicted molar refractivity (Wildman–Crippen MR) is 293 cm³/mol. The molecule has 0 amide bonds. The smallest absolute Gasteiger partial charge is 0.306 e. The van der Waals surface area contributed by atoms with Crippen LogP contribution in [0.2, 0.25) is 0 Å². The van der Waals surface area contributed by atoms with Gasteiger partial charge < -0.3 is 14.2 Å². The van der Waals surface area contributed by atoms with E-state index in [2.05, 4.69) is 93.7 Å². The minimum atomic E-state index is -0.810. The molecule has 0 saturated heterocycles. The highest BCUT2D eigenvalue weighted by Crippen LogP contribution is 2.16. The molecule has 68 heavy (non-hydrogen) atoms. The molecule has 0 N–H and O–H groups in total. The summed E-state index contributed by atoms with van der Waals surface area (Å²) in [6.45, 7) is 6.49. The van der Waals surface area contributed by atoms with E-state index in [-0.39, 0.29) is 37.5 Å². The van der Waals surface area contributed by atoms with Crippen molar-refractivity contribution in [2.45, 2.75) is 290 Å². The van der Waals surface area contributed by atoms with Gasteiger partial charge in [-0.05, 0) is 83.5 Å². The van der Waals surface area contributed by atoms with Crippen molar-refractivity contribution in [1.29, 1.82) is 0 Å². The van der Waals surface area contributed by atoms with Gasteiger partial charge in [0.2, 0.25) is 0 Å². The van der Waals surface area contributed by atoms with Crippen molar-refractivity contribution in [3.8, 4) is 0 Å². The Morgan fingerprint density at radius 1 is 0.309 bits per heavy atom. The van der Waals surface area contributed by atoms with Crippen LogP contribution < -0.4 is 0 Å². The maximum atomic E-state index is 12.8. The number of esters is 3. The molecular formula is C62H108O6. The third kappa shape index (κ3) is 53.8. The molecule has 6 nitrogen and oxygen atoms in total. The van der Waals surface area contributed by atoms with Crippen molar-refractivity contribution < 1.29 is 28.6 Å². The Kier molecular flexibility index (Phi) is 53.8. The molecule has 1 unspecified atom stereocenters. The zero-order valence-corrected chi connectivity index (χ0v) is 44.9. The fourth-order valence-corrected chi connectivity index (χ4v) is 8.12. The normalized spacial score (nSPS) is 12.6. The zero-order chi connectivity index (χ0) is 49.3. The van der Waals surface area contributed by atoms with Crippen molar-refractivity contribution in [1.82, 2.24) is 0 Å². The number of unbranched alkanes of at least 4 members (excludes halogenated alkanes) is 29. The predicted octanol–water partition coefficient (Wildman–Crippen LogP) is 19.4. The summed E-state index contributed by atoms with van der Waals surface area (Å²) in [6, 6.07) is 0. The molecule has 0 bridgehead atoms. The van der Waals surface area contributed by atoms with E-state index in [0.717, 1.165) is 89.9 Å². The largest absolute Gasteiger partial charge is 0.462 e. The molecular weight excluding hydrogens is 841 g/mol. The molecule has 0 fully saturated rings. The summed E-state index contributed by atoms with van der Waals surface area (Å²) in [4.78, 5) is 38.1. The van der Waals surface area contributed by atoms with Gasteiger partial charge in [-0.1, -0.05) is 254 Å². The van der Waals surface area contributed by atoms with Crippen molar-refractivity contribution in [3.63, 3.8) is 0 Å². The fraction of sp³-hybridized carbons (Fsp3) is 0.758. The number of allylic oxidation sites excluding steroid dienone is 12.